The second-order valence-corrected chi connectivity index (χ2v) is 7.30. The molecule has 7 heteroatoms. The number of carbonyl (C=O) groups is 2. The molecule has 1 aromatic carbocycles. The lowest BCUT2D eigenvalue weighted by Gasteiger charge is -2.25. The quantitative estimate of drug-likeness (QED) is 0.414. The molecule has 1 unspecified atom stereocenters. The molecular weight excluding hydrogens is 379 g/mol. The number of carbonyl (C=O) groups excluding carboxylic acids is 2. The van der Waals surface area contributed by atoms with Crippen LogP contribution in [0.3, 0.4) is 0 Å². The van der Waals surface area contributed by atoms with Gasteiger partial charge in [-0.3, -0.25) is 14.6 Å². The molecule has 1 aliphatic heterocycles. The summed E-state index contributed by atoms with van der Waals surface area (Å²) in [4.78, 5) is 31.7. The van der Waals surface area contributed by atoms with E-state index in [-0.39, 0.29) is 29.0 Å². The summed E-state index contributed by atoms with van der Waals surface area (Å²) in [5, 5.41) is 12.7. The van der Waals surface area contributed by atoms with Crippen LogP contribution in [0, 0.1) is 5.82 Å². The van der Waals surface area contributed by atoms with Crippen molar-refractivity contribution in [3.05, 3.63) is 93.7 Å². The van der Waals surface area contributed by atoms with Gasteiger partial charge in [-0.1, -0.05) is 24.3 Å². The van der Waals surface area contributed by atoms with Gasteiger partial charge in [0.15, 0.2) is 0 Å². The summed E-state index contributed by atoms with van der Waals surface area (Å²) in [6.07, 6.45) is 2.92. The number of aliphatic hydroxyl groups excluding tert-OH is 1. The number of aromatic nitrogens is 1. The Kier molecular flexibility index (Phi) is 4.75. The number of thiophene rings is 1. The summed E-state index contributed by atoms with van der Waals surface area (Å²) in [5.74, 6) is -2.53. The number of halogens is 1. The number of likely N-dealkylation sites (tertiary alicyclic amines) is 1. The van der Waals surface area contributed by atoms with E-state index in [0.717, 1.165) is 4.88 Å². The van der Waals surface area contributed by atoms with Crippen LogP contribution in [0.5, 0.6) is 0 Å². The van der Waals surface area contributed by atoms with Crippen molar-refractivity contribution in [3.63, 3.8) is 0 Å². The highest BCUT2D eigenvalue weighted by molar-refractivity contribution is 7.09. The molecule has 2 aromatic heterocycles. The lowest BCUT2D eigenvalue weighted by molar-refractivity contribution is -0.140. The minimum Gasteiger partial charge on any atom is -0.507 e. The molecule has 0 saturated carbocycles. The summed E-state index contributed by atoms with van der Waals surface area (Å²) in [7, 11) is 0. The number of nitrogens with zero attached hydrogens (tertiary/aromatic N) is 2. The van der Waals surface area contributed by atoms with Gasteiger partial charge in [0.25, 0.3) is 11.7 Å². The number of aliphatic hydroxyl groups is 1. The molecule has 3 aromatic rings. The van der Waals surface area contributed by atoms with E-state index in [1.54, 1.807) is 18.2 Å². The Labute approximate surface area is 164 Å². The fraction of sp³-hybridized carbons (Fsp3) is 0.0952. The fourth-order valence-corrected chi connectivity index (χ4v) is 3.99. The van der Waals surface area contributed by atoms with Gasteiger partial charge >= 0.3 is 0 Å². The zero-order valence-corrected chi connectivity index (χ0v) is 15.4. The van der Waals surface area contributed by atoms with Crippen LogP contribution in [0.1, 0.15) is 22.0 Å². The minimum absolute atomic E-state index is 0.139. The van der Waals surface area contributed by atoms with E-state index >= 15 is 0 Å². The molecule has 0 spiro atoms. The normalized spacial score (nSPS) is 18.6. The average Bonchev–Trinajstić information content (AvgIpc) is 3.31. The van der Waals surface area contributed by atoms with Gasteiger partial charge < -0.3 is 10.0 Å². The summed E-state index contributed by atoms with van der Waals surface area (Å²) < 4.78 is 14.6. The van der Waals surface area contributed by atoms with Gasteiger partial charge in [0.2, 0.25) is 0 Å². The molecule has 1 aliphatic rings. The van der Waals surface area contributed by atoms with Crippen LogP contribution in [-0.2, 0) is 16.1 Å². The first-order valence-corrected chi connectivity index (χ1v) is 9.41. The average molecular weight is 394 g/mol. The Bertz CT molecular complexity index is 1060. The summed E-state index contributed by atoms with van der Waals surface area (Å²) in [6.45, 7) is 0.144. The predicted octanol–water partition coefficient (Wildman–Crippen LogP) is 3.90. The van der Waals surface area contributed by atoms with Crippen LogP contribution in [0.15, 0.2) is 71.9 Å². The molecule has 1 N–H and O–H groups in total. The molecule has 1 saturated heterocycles. The van der Waals surface area contributed by atoms with E-state index < -0.39 is 23.5 Å². The van der Waals surface area contributed by atoms with Crippen molar-refractivity contribution in [2.45, 2.75) is 12.6 Å². The second kappa shape index (κ2) is 7.36. The highest BCUT2D eigenvalue weighted by Crippen LogP contribution is 2.41. The van der Waals surface area contributed by atoms with E-state index in [1.807, 2.05) is 17.5 Å². The van der Waals surface area contributed by atoms with E-state index in [2.05, 4.69) is 4.98 Å². The summed E-state index contributed by atoms with van der Waals surface area (Å²) in [5.41, 5.74) is 0.307. The first-order chi connectivity index (χ1) is 13.6. The monoisotopic (exact) mass is 394 g/mol. The first kappa shape index (κ1) is 18.1. The minimum atomic E-state index is -1.02. The predicted molar refractivity (Wildman–Crippen MR) is 103 cm³/mol. The van der Waals surface area contributed by atoms with Gasteiger partial charge in [0.1, 0.15) is 11.6 Å². The number of benzene rings is 1. The maximum Gasteiger partial charge on any atom is 0.295 e. The Morgan fingerprint density at radius 3 is 2.64 bits per heavy atom. The molecule has 0 aliphatic carbocycles. The van der Waals surface area contributed by atoms with E-state index in [1.165, 1.54) is 46.8 Å². The smallest absolute Gasteiger partial charge is 0.295 e. The van der Waals surface area contributed by atoms with Gasteiger partial charge in [-0.2, -0.15) is 0 Å². The molecule has 1 fully saturated rings. The van der Waals surface area contributed by atoms with Crippen LogP contribution < -0.4 is 0 Å². The van der Waals surface area contributed by atoms with Gasteiger partial charge in [0.05, 0.1) is 18.2 Å². The summed E-state index contributed by atoms with van der Waals surface area (Å²) >= 11 is 1.43. The molecule has 28 heavy (non-hydrogen) atoms. The number of ketones is 1. The Hall–Kier alpha value is -3.32. The standard InChI is InChI=1S/C21H15FN2O3S/c22-16-8-2-1-7-15(16)18-17(19(25)13-5-3-9-23-11-13)20(26)21(27)24(18)12-14-6-4-10-28-14/h1-11,18,25H,12H2/b19-17+. The third-order valence-corrected chi connectivity index (χ3v) is 5.44. The third-order valence-electron chi connectivity index (χ3n) is 4.58. The van der Waals surface area contributed by atoms with Crippen molar-refractivity contribution in [3.8, 4) is 0 Å². The van der Waals surface area contributed by atoms with Crippen molar-refractivity contribution in [2.24, 2.45) is 0 Å². The van der Waals surface area contributed by atoms with Crippen molar-refractivity contribution >= 4 is 28.8 Å². The van der Waals surface area contributed by atoms with Crippen LogP contribution in [-0.4, -0.2) is 26.7 Å². The van der Waals surface area contributed by atoms with Crippen LogP contribution >= 0.6 is 11.3 Å². The number of pyridine rings is 1. The van der Waals surface area contributed by atoms with Gasteiger partial charge in [-0.05, 0) is 29.6 Å². The number of hydrogen-bond acceptors (Lipinski definition) is 5. The Morgan fingerprint density at radius 1 is 1.14 bits per heavy atom. The first-order valence-electron chi connectivity index (χ1n) is 8.53. The number of Topliss-reactive ketones (excluding diaryl/α,β-unsaturated/α-hetero) is 1. The lowest BCUT2D eigenvalue weighted by Crippen LogP contribution is -2.29. The number of amides is 1. The number of hydrogen-bond donors (Lipinski definition) is 1. The maximum atomic E-state index is 14.6. The highest BCUT2D eigenvalue weighted by atomic mass is 32.1. The SMILES string of the molecule is O=C1C(=O)N(Cc2cccs2)C(c2ccccc2F)/C1=C(\O)c1cccnc1. The van der Waals surface area contributed by atoms with Crippen molar-refractivity contribution in [1.82, 2.24) is 9.88 Å². The van der Waals surface area contributed by atoms with E-state index in [0.29, 0.717) is 0 Å². The zero-order chi connectivity index (χ0) is 19.7. The molecule has 140 valence electrons. The lowest BCUT2D eigenvalue weighted by atomic mass is 9.95. The van der Waals surface area contributed by atoms with Gasteiger partial charge in [-0.15, -0.1) is 11.3 Å². The Morgan fingerprint density at radius 2 is 1.96 bits per heavy atom. The molecule has 1 atom stereocenters. The zero-order valence-electron chi connectivity index (χ0n) is 14.6. The topological polar surface area (TPSA) is 70.5 Å². The van der Waals surface area contributed by atoms with Crippen molar-refractivity contribution < 1.29 is 19.1 Å². The highest BCUT2D eigenvalue weighted by Gasteiger charge is 2.47. The van der Waals surface area contributed by atoms with Gasteiger partial charge in [-0.25, -0.2) is 4.39 Å². The molecule has 0 bridgehead atoms. The van der Waals surface area contributed by atoms with Crippen LogP contribution in [0.4, 0.5) is 4.39 Å². The van der Waals surface area contributed by atoms with Crippen molar-refractivity contribution in [1.29, 1.82) is 0 Å². The largest absolute Gasteiger partial charge is 0.507 e. The maximum absolute atomic E-state index is 14.6. The molecule has 1 amide bonds. The van der Waals surface area contributed by atoms with E-state index in [9.17, 15) is 19.1 Å². The molecule has 4 rings (SSSR count). The van der Waals surface area contributed by atoms with Crippen LogP contribution in [0.25, 0.3) is 5.76 Å². The number of rotatable bonds is 4. The molecular formula is C21H15FN2O3S. The Balaban J connectivity index is 1.90. The van der Waals surface area contributed by atoms with E-state index in [4.69, 9.17) is 0 Å². The molecule has 3 heterocycles. The second-order valence-electron chi connectivity index (χ2n) is 6.27. The summed E-state index contributed by atoms with van der Waals surface area (Å²) in [6, 6.07) is 11.8. The van der Waals surface area contributed by atoms with Gasteiger partial charge in [0, 0.05) is 28.4 Å². The third kappa shape index (κ3) is 3.10. The molecule has 5 nitrogen and oxygen atoms in total. The fourth-order valence-electron chi connectivity index (χ4n) is 3.29. The van der Waals surface area contributed by atoms with Crippen molar-refractivity contribution in [2.75, 3.05) is 0 Å². The van der Waals surface area contributed by atoms with Crippen LogP contribution in [0.2, 0.25) is 0 Å². The molecule has 0 radical (unpaired) electrons.